The number of nitrogens with two attached hydrogens (primary N) is 1. The predicted molar refractivity (Wildman–Crippen MR) is 111 cm³/mol. The summed E-state index contributed by atoms with van der Waals surface area (Å²) in [7, 11) is 0. The Labute approximate surface area is 185 Å². The highest BCUT2D eigenvalue weighted by atomic mass is 16.4. The van der Waals surface area contributed by atoms with E-state index in [-0.39, 0.29) is 12.8 Å². The number of aliphatic hydroxyl groups excluding tert-OH is 1. The van der Waals surface area contributed by atoms with Crippen molar-refractivity contribution in [3.8, 4) is 0 Å². The van der Waals surface area contributed by atoms with Crippen LogP contribution in [0.5, 0.6) is 0 Å². The largest absolute Gasteiger partial charge is 0.481 e. The number of amides is 3. The van der Waals surface area contributed by atoms with Crippen LogP contribution in [0.3, 0.4) is 0 Å². The molecule has 0 saturated carbocycles. The van der Waals surface area contributed by atoms with E-state index in [9.17, 15) is 34.2 Å². The molecule has 1 aliphatic rings. The third-order valence-corrected chi connectivity index (χ3v) is 5.03. The highest BCUT2D eigenvalue weighted by Crippen LogP contribution is 2.07. The summed E-state index contributed by atoms with van der Waals surface area (Å²) < 4.78 is 0. The second-order valence-electron chi connectivity index (χ2n) is 7.57. The summed E-state index contributed by atoms with van der Waals surface area (Å²) in [6.07, 6.45) is 1.87. The van der Waals surface area contributed by atoms with Gasteiger partial charge in [0.2, 0.25) is 17.7 Å². The van der Waals surface area contributed by atoms with Gasteiger partial charge in [-0.25, -0.2) is 4.79 Å². The summed E-state index contributed by atoms with van der Waals surface area (Å²) in [6.45, 7) is 0.193. The number of aliphatic hydroxyl groups is 1. The molecule has 0 aromatic rings. The van der Waals surface area contributed by atoms with Crippen molar-refractivity contribution in [2.24, 2.45) is 5.73 Å². The zero-order valence-corrected chi connectivity index (χ0v) is 17.8. The van der Waals surface area contributed by atoms with Gasteiger partial charge in [-0.05, 0) is 51.6 Å². The third kappa shape index (κ3) is 9.58. The SMILES string of the molecule is NCCCC[C@H](NC(=O)[C@H](CO)NC(=O)[C@H](CCC(=O)O)NC(=O)[C@@H]1CCCN1)C(=O)O. The number of carbonyl (C=O) groups is 5. The first-order valence-corrected chi connectivity index (χ1v) is 10.6. The predicted octanol–water partition coefficient (Wildman–Crippen LogP) is -2.74. The van der Waals surface area contributed by atoms with Crippen molar-refractivity contribution >= 4 is 29.7 Å². The maximum absolute atomic E-state index is 12.6. The summed E-state index contributed by atoms with van der Waals surface area (Å²) in [6, 6.07) is -4.46. The average Bonchev–Trinajstić information content (AvgIpc) is 3.28. The van der Waals surface area contributed by atoms with Crippen molar-refractivity contribution in [3.05, 3.63) is 0 Å². The zero-order chi connectivity index (χ0) is 24.1. The molecule has 0 radical (unpaired) electrons. The number of rotatable bonds is 15. The molecule has 0 spiro atoms. The van der Waals surface area contributed by atoms with Crippen molar-refractivity contribution in [2.75, 3.05) is 19.7 Å². The van der Waals surface area contributed by atoms with Gasteiger partial charge >= 0.3 is 11.9 Å². The Balaban J connectivity index is 2.77. The van der Waals surface area contributed by atoms with Crippen LogP contribution in [0.2, 0.25) is 0 Å². The second-order valence-corrected chi connectivity index (χ2v) is 7.57. The molecule has 0 aromatic carbocycles. The highest BCUT2D eigenvalue weighted by Gasteiger charge is 2.31. The fourth-order valence-electron chi connectivity index (χ4n) is 3.21. The van der Waals surface area contributed by atoms with Crippen LogP contribution in [0, 0.1) is 0 Å². The van der Waals surface area contributed by atoms with E-state index in [0.717, 1.165) is 6.42 Å². The Hall–Kier alpha value is -2.77. The first-order chi connectivity index (χ1) is 15.2. The van der Waals surface area contributed by atoms with E-state index in [1.165, 1.54) is 0 Å². The second kappa shape index (κ2) is 14.3. The molecule has 1 rings (SSSR count). The smallest absolute Gasteiger partial charge is 0.326 e. The van der Waals surface area contributed by atoms with Crippen LogP contribution in [-0.4, -0.2) is 88.8 Å². The molecule has 9 N–H and O–H groups in total. The zero-order valence-electron chi connectivity index (χ0n) is 17.8. The lowest BCUT2D eigenvalue weighted by molar-refractivity contribution is -0.142. The maximum Gasteiger partial charge on any atom is 0.326 e. The molecular formula is C19H33N5O8. The van der Waals surface area contributed by atoms with Crippen LogP contribution in [0.25, 0.3) is 0 Å². The molecule has 1 saturated heterocycles. The van der Waals surface area contributed by atoms with Crippen LogP contribution >= 0.6 is 0 Å². The fourth-order valence-corrected chi connectivity index (χ4v) is 3.21. The van der Waals surface area contributed by atoms with Gasteiger partial charge in [-0.1, -0.05) is 0 Å². The number of aliphatic carboxylic acids is 2. The Morgan fingerprint density at radius 1 is 0.938 bits per heavy atom. The number of carbonyl (C=O) groups excluding carboxylic acids is 3. The van der Waals surface area contributed by atoms with Gasteiger partial charge in [0, 0.05) is 6.42 Å². The van der Waals surface area contributed by atoms with Crippen molar-refractivity contribution in [1.82, 2.24) is 21.3 Å². The van der Waals surface area contributed by atoms with Gasteiger partial charge < -0.3 is 42.3 Å². The van der Waals surface area contributed by atoms with Crippen LogP contribution < -0.4 is 27.0 Å². The van der Waals surface area contributed by atoms with Crippen LogP contribution in [0.4, 0.5) is 0 Å². The molecular weight excluding hydrogens is 426 g/mol. The Bertz CT molecular complexity index is 668. The Morgan fingerprint density at radius 2 is 1.59 bits per heavy atom. The first-order valence-electron chi connectivity index (χ1n) is 10.6. The molecule has 13 heteroatoms. The quantitative estimate of drug-likeness (QED) is 0.118. The Morgan fingerprint density at radius 3 is 2.12 bits per heavy atom. The molecule has 1 fully saturated rings. The number of carboxylic acids is 2. The minimum absolute atomic E-state index is 0.121. The van der Waals surface area contributed by atoms with E-state index in [1.54, 1.807) is 0 Å². The molecule has 4 atom stereocenters. The molecule has 0 aromatic heterocycles. The van der Waals surface area contributed by atoms with E-state index in [4.69, 9.17) is 10.8 Å². The number of hydrogen-bond acceptors (Lipinski definition) is 8. The van der Waals surface area contributed by atoms with Crippen molar-refractivity contribution < 1.29 is 39.3 Å². The molecule has 0 bridgehead atoms. The first kappa shape index (κ1) is 27.3. The summed E-state index contributed by atoms with van der Waals surface area (Å²) in [5.74, 6) is -4.68. The van der Waals surface area contributed by atoms with E-state index in [2.05, 4.69) is 21.3 Å². The van der Waals surface area contributed by atoms with E-state index < -0.39 is 66.9 Å². The molecule has 0 aliphatic carbocycles. The third-order valence-electron chi connectivity index (χ3n) is 5.03. The van der Waals surface area contributed by atoms with Crippen LogP contribution in [-0.2, 0) is 24.0 Å². The van der Waals surface area contributed by atoms with E-state index >= 15 is 0 Å². The summed E-state index contributed by atoms with van der Waals surface area (Å²) in [5, 5.41) is 37.7. The van der Waals surface area contributed by atoms with Gasteiger partial charge in [-0.2, -0.15) is 0 Å². The monoisotopic (exact) mass is 459 g/mol. The van der Waals surface area contributed by atoms with E-state index in [1.807, 2.05) is 0 Å². The average molecular weight is 460 g/mol. The summed E-state index contributed by atoms with van der Waals surface area (Å²) >= 11 is 0. The molecule has 3 amide bonds. The number of hydrogen-bond donors (Lipinski definition) is 8. The van der Waals surface area contributed by atoms with Gasteiger partial charge in [-0.15, -0.1) is 0 Å². The Kier molecular flexibility index (Phi) is 12.2. The van der Waals surface area contributed by atoms with Crippen molar-refractivity contribution in [3.63, 3.8) is 0 Å². The fraction of sp³-hybridized carbons (Fsp3) is 0.737. The van der Waals surface area contributed by atoms with E-state index in [0.29, 0.717) is 32.4 Å². The van der Waals surface area contributed by atoms with Gasteiger partial charge in [0.1, 0.15) is 18.1 Å². The molecule has 32 heavy (non-hydrogen) atoms. The van der Waals surface area contributed by atoms with Crippen LogP contribution in [0.15, 0.2) is 0 Å². The number of nitrogens with one attached hydrogen (secondary N) is 4. The maximum atomic E-state index is 12.6. The van der Waals surface area contributed by atoms with Gasteiger partial charge in [0.25, 0.3) is 0 Å². The molecule has 1 heterocycles. The topological polar surface area (TPSA) is 220 Å². The van der Waals surface area contributed by atoms with Gasteiger partial charge in [0.05, 0.1) is 12.6 Å². The summed E-state index contributed by atoms with van der Waals surface area (Å²) in [4.78, 5) is 59.7. The lowest BCUT2D eigenvalue weighted by Crippen LogP contribution is -2.58. The standard InChI is InChI=1S/C19H33N5O8/c20-8-2-1-4-13(19(31)32)23-18(30)14(10-25)24-17(29)12(6-7-15(26)27)22-16(28)11-5-3-9-21-11/h11-14,21,25H,1-10,20H2,(H,22,28)(H,23,30)(H,24,29)(H,26,27)(H,31,32)/t11-,12-,13-,14-/m0/s1. The summed E-state index contributed by atoms with van der Waals surface area (Å²) in [5.41, 5.74) is 5.38. The lowest BCUT2D eigenvalue weighted by Gasteiger charge is -2.24. The molecule has 0 unspecified atom stereocenters. The van der Waals surface area contributed by atoms with Crippen LogP contribution in [0.1, 0.15) is 44.9 Å². The minimum atomic E-state index is -1.48. The minimum Gasteiger partial charge on any atom is -0.481 e. The van der Waals surface area contributed by atoms with Crippen molar-refractivity contribution in [2.45, 2.75) is 69.1 Å². The lowest BCUT2D eigenvalue weighted by atomic mass is 10.1. The van der Waals surface area contributed by atoms with Crippen molar-refractivity contribution in [1.29, 1.82) is 0 Å². The molecule has 1 aliphatic heterocycles. The van der Waals surface area contributed by atoms with Gasteiger partial charge in [0.15, 0.2) is 0 Å². The normalized spacial score (nSPS) is 18.2. The highest BCUT2D eigenvalue weighted by molar-refractivity contribution is 5.94. The number of unbranched alkanes of at least 4 members (excludes halogenated alkanes) is 1. The van der Waals surface area contributed by atoms with Gasteiger partial charge in [-0.3, -0.25) is 19.2 Å². The number of carboxylic acid groups (broad SMARTS) is 2. The molecule has 13 nitrogen and oxygen atoms in total. The molecule has 182 valence electrons.